The Morgan fingerprint density at radius 3 is 2.68 bits per heavy atom. The molecule has 0 aliphatic heterocycles. The van der Waals surface area contributed by atoms with Gasteiger partial charge in [-0.1, -0.05) is 19.9 Å². The zero-order valence-electron chi connectivity index (χ0n) is 13.1. The largest absolute Gasteiger partial charge is 0.494 e. The Bertz CT molecular complexity index is 636. The lowest BCUT2D eigenvalue weighted by Gasteiger charge is -2.10. The molecule has 0 aliphatic carbocycles. The second kappa shape index (κ2) is 9.00. The summed E-state index contributed by atoms with van der Waals surface area (Å²) in [7, 11) is 0. The number of ether oxygens (including phenoxy) is 1. The van der Waals surface area contributed by atoms with Crippen LogP contribution in [0.25, 0.3) is 0 Å². The van der Waals surface area contributed by atoms with Crippen molar-refractivity contribution in [1.82, 2.24) is 15.2 Å². The third-order valence-corrected chi connectivity index (χ3v) is 4.68. The fourth-order valence-electron chi connectivity index (χ4n) is 2.26. The van der Waals surface area contributed by atoms with Gasteiger partial charge in [0.15, 0.2) is 0 Å². The molecule has 2 N–H and O–H groups in total. The van der Waals surface area contributed by atoms with E-state index in [1.54, 1.807) is 0 Å². The Morgan fingerprint density at radius 2 is 2.00 bits per heavy atom. The van der Waals surface area contributed by atoms with Crippen LogP contribution in [0.15, 0.2) is 18.2 Å². The number of aryl methyl sites for hydroxylation is 2. The van der Waals surface area contributed by atoms with Crippen molar-refractivity contribution in [3.8, 4) is 5.75 Å². The summed E-state index contributed by atoms with van der Waals surface area (Å²) in [5, 5.41) is 5.76. The summed E-state index contributed by atoms with van der Waals surface area (Å²) in [6, 6.07) is 6.44. The predicted octanol–water partition coefficient (Wildman–Crippen LogP) is 4.29. The maximum absolute atomic E-state index is 5.84. The van der Waals surface area contributed by atoms with Crippen molar-refractivity contribution in [2.75, 3.05) is 12.4 Å². The molecule has 1 heterocycles. The zero-order valence-corrected chi connectivity index (χ0v) is 14.8. The van der Waals surface area contributed by atoms with Gasteiger partial charge in [-0.25, -0.2) is 4.98 Å². The maximum atomic E-state index is 5.84. The standard InChI is InChI=1S/C16H23N3OS2/c1-3-12-6-7-14(10-13(12)4-2)20-8-5-9-22-11-15-17-16(21)19-18-15/h6-7,10H,3-5,8-9,11H2,1-2H3,(H2,17,18,19,21). The van der Waals surface area contributed by atoms with E-state index < -0.39 is 0 Å². The number of rotatable bonds is 9. The number of H-pyrrole nitrogens is 2. The van der Waals surface area contributed by atoms with Crippen molar-refractivity contribution in [1.29, 1.82) is 0 Å². The summed E-state index contributed by atoms with van der Waals surface area (Å²) in [6.45, 7) is 5.13. The molecule has 0 aliphatic rings. The Morgan fingerprint density at radius 1 is 1.18 bits per heavy atom. The zero-order chi connectivity index (χ0) is 15.8. The van der Waals surface area contributed by atoms with Crippen LogP contribution in [0.3, 0.4) is 0 Å². The Labute approximate surface area is 141 Å². The van der Waals surface area contributed by atoms with Gasteiger partial charge < -0.3 is 4.74 Å². The lowest BCUT2D eigenvalue weighted by Crippen LogP contribution is -2.00. The smallest absolute Gasteiger partial charge is 0.213 e. The van der Waals surface area contributed by atoms with Crippen LogP contribution in [0.4, 0.5) is 0 Å². The first kappa shape index (κ1) is 17.1. The van der Waals surface area contributed by atoms with E-state index in [2.05, 4.69) is 47.2 Å². The molecule has 1 aromatic carbocycles. The second-order valence-corrected chi connectivity index (χ2v) is 6.50. The van der Waals surface area contributed by atoms with Crippen molar-refractivity contribution in [3.63, 3.8) is 0 Å². The highest BCUT2D eigenvalue weighted by Gasteiger charge is 2.02. The fraction of sp³-hybridized carbons (Fsp3) is 0.500. The van der Waals surface area contributed by atoms with E-state index >= 15 is 0 Å². The van der Waals surface area contributed by atoms with Gasteiger partial charge in [0.2, 0.25) is 4.77 Å². The van der Waals surface area contributed by atoms with E-state index in [4.69, 9.17) is 17.0 Å². The summed E-state index contributed by atoms with van der Waals surface area (Å²) in [5.41, 5.74) is 2.81. The minimum absolute atomic E-state index is 0.515. The summed E-state index contributed by atoms with van der Waals surface area (Å²) in [6.07, 6.45) is 3.16. The van der Waals surface area contributed by atoms with Gasteiger partial charge in [0.05, 0.1) is 12.4 Å². The quantitative estimate of drug-likeness (QED) is 0.529. The number of hydrogen-bond donors (Lipinski definition) is 2. The molecule has 0 unspecified atom stereocenters. The summed E-state index contributed by atoms with van der Waals surface area (Å²) >= 11 is 6.75. The Kier molecular flexibility index (Phi) is 6.99. The molecular weight excluding hydrogens is 314 g/mol. The van der Waals surface area contributed by atoms with Gasteiger partial charge in [-0.05, 0) is 60.5 Å². The Hall–Kier alpha value is -1.27. The van der Waals surface area contributed by atoms with Crippen molar-refractivity contribution in [2.45, 2.75) is 38.9 Å². The van der Waals surface area contributed by atoms with Crippen molar-refractivity contribution in [3.05, 3.63) is 39.9 Å². The van der Waals surface area contributed by atoms with Gasteiger partial charge in [0.1, 0.15) is 11.6 Å². The van der Waals surface area contributed by atoms with Crippen LogP contribution >= 0.6 is 24.0 Å². The minimum atomic E-state index is 0.515. The van der Waals surface area contributed by atoms with E-state index in [0.29, 0.717) is 4.77 Å². The van der Waals surface area contributed by atoms with Crippen molar-refractivity contribution in [2.24, 2.45) is 0 Å². The third-order valence-electron chi connectivity index (χ3n) is 3.43. The number of aromatic nitrogens is 3. The van der Waals surface area contributed by atoms with E-state index in [-0.39, 0.29) is 0 Å². The van der Waals surface area contributed by atoms with Crippen molar-refractivity contribution < 1.29 is 4.74 Å². The summed E-state index contributed by atoms with van der Waals surface area (Å²) in [4.78, 5) is 4.16. The normalized spacial score (nSPS) is 10.8. The van der Waals surface area contributed by atoms with Crippen LogP contribution < -0.4 is 4.74 Å². The lowest BCUT2D eigenvalue weighted by atomic mass is 10.0. The highest BCUT2D eigenvalue weighted by atomic mass is 32.2. The molecule has 22 heavy (non-hydrogen) atoms. The highest BCUT2D eigenvalue weighted by Crippen LogP contribution is 2.19. The molecule has 0 radical (unpaired) electrons. The monoisotopic (exact) mass is 337 g/mol. The van der Waals surface area contributed by atoms with Crippen molar-refractivity contribution >= 4 is 24.0 Å². The topological polar surface area (TPSA) is 53.7 Å². The summed E-state index contributed by atoms with van der Waals surface area (Å²) < 4.78 is 6.36. The van der Waals surface area contributed by atoms with Crippen LogP contribution in [0.2, 0.25) is 0 Å². The highest BCUT2D eigenvalue weighted by molar-refractivity contribution is 7.98. The second-order valence-electron chi connectivity index (χ2n) is 5.01. The molecular formula is C16H23N3OS2. The number of nitrogens with one attached hydrogen (secondary N) is 2. The van der Waals surface area contributed by atoms with Gasteiger partial charge >= 0.3 is 0 Å². The predicted molar refractivity (Wildman–Crippen MR) is 95.2 cm³/mol. The molecule has 0 amide bonds. The molecule has 0 saturated carbocycles. The number of nitrogens with zero attached hydrogens (tertiary/aromatic N) is 1. The average Bonchev–Trinajstić information content (AvgIpc) is 2.95. The SMILES string of the molecule is CCc1ccc(OCCCSCc2nc(=S)[nH][nH]2)cc1CC. The third kappa shape index (κ3) is 5.18. The van der Waals surface area contributed by atoms with E-state index in [1.807, 2.05) is 11.8 Å². The molecule has 120 valence electrons. The van der Waals surface area contributed by atoms with Crippen LogP contribution in [-0.2, 0) is 18.6 Å². The van der Waals surface area contributed by atoms with Gasteiger partial charge in [0, 0.05) is 0 Å². The molecule has 2 rings (SSSR count). The molecule has 0 fully saturated rings. The number of thioether (sulfide) groups is 1. The van der Waals surface area contributed by atoms with Gasteiger partial charge in [-0.2, -0.15) is 11.8 Å². The molecule has 0 saturated heterocycles. The molecule has 2 aromatic rings. The molecule has 0 bridgehead atoms. The van der Waals surface area contributed by atoms with Crippen LogP contribution in [0, 0.1) is 4.77 Å². The van der Waals surface area contributed by atoms with Crippen LogP contribution in [0.5, 0.6) is 5.75 Å². The fourth-order valence-corrected chi connectivity index (χ4v) is 3.22. The first-order valence-electron chi connectivity index (χ1n) is 7.68. The maximum Gasteiger partial charge on any atom is 0.213 e. The molecule has 1 aromatic heterocycles. The van der Waals surface area contributed by atoms with Gasteiger partial charge in [-0.15, -0.1) is 0 Å². The number of hydrogen-bond acceptors (Lipinski definition) is 4. The number of benzene rings is 1. The first-order chi connectivity index (χ1) is 10.7. The van der Waals surface area contributed by atoms with Crippen LogP contribution in [0.1, 0.15) is 37.2 Å². The van der Waals surface area contributed by atoms with E-state index in [9.17, 15) is 0 Å². The molecule has 4 nitrogen and oxygen atoms in total. The summed E-state index contributed by atoms with van der Waals surface area (Å²) in [5.74, 6) is 3.77. The van der Waals surface area contributed by atoms with Gasteiger partial charge in [0.25, 0.3) is 0 Å². The van der Waals surface area contributed by atoms with Crippen LogP contribution in [-0.4, -0.2) is 27.5 Å². The minimum Gasteiger partial charge on any atom is -0.494 e. The van der Waals surface area contributed by atoms with E-state index in [1.165, 1.54) is 11.1 Å². The lowest BCUT2D eigenvalue weighted by molar-refractivity contribution is 0.318. The molecule has 6 heteroatoms. The van der Waals surface area contributed by atoms with Gasteiger partial charge in [-0.3, -0.25) is 10.2 Å². The molecule has 0 atom stereocenters. The van der Waals surface area contributed by atoms with E-state index in [0.717, 1.165) is 48.9 Å². The Balaban J connectivity index is 1.67. The molecule has 0 spiro atoms. The average molecular weight is 338 g/mol. The first-order valence-corrected chi connectivity index (χ1v) is 9.25. The number of aromatic amines is 2.